The maximum atomic E-state index is 11.5. The molecule has 1 aromatic heterocycles. The number of Topliss-reactive ketones (excluding diaryl/α,β-unsaturated/α-hetero) is 1. The van der Waals surface area contributed by atoms with Crippen molar-refractivity contribution in [1.82, 2.24) is 0 Å². The molecule has 1 aliphatic carbocycles. The van der Waals surface area contributed by atoms with E-state index in [-0.39, 0.29) is 12.2 Å². The topological polar surface area (TPSA) is 54.4 Å². The van der Waals surface area contributed by atoms with Crippen molar-refractivity contribution in [3.8, 4) is 0 Å². The fraction of sp³-hybridized carbons (Fsp3) is 0.333. The molecular formula is C9H7BrO3S. The number of hydrogen-bond acceptors (Lipinski definition) is 3. The highest BCUT2D eigenvalue weighted by Crippen LogP contribution is 2.34. The van der Waals surface area contributed by atoms with Crippen LogP contribution in [0.2, 0.25) is 0 Å². The summed E-state index contributed by atoms with van der Waals surface area (Å²) in [6.07, 6.45) is 0.605. The van der Waals surface area contributed by atoms with Crippen LogP contribution in [0.3, 0.4) is 0 Å². The zero-order valence-corrected chi connectivity index (χ0v) is 9.52. The standard InChI is InChI=1S/C9H7BrO3S/c10-7-3-4-1-5(9(12)13)2-6(11)8(4)14-7/h3,5H,1-2H2,(H,12,13). The lowest BCUT2D eigenvalue weighted by molar-refractivity contribution is -0.141. The van der Waals surface area contributed by atoms with E-state index in [0.717, 1.165) is 14.2 Å². The third-order valence-electron chi connectivity index (χ3n) is 2.28. The summed E-state index contributed by atoms with van der Waals surface area (Å²) in [5, 5.41) is 8.83. The minimum Gasteiger partial charge on any atom is -0.481 e. The number of carbonyl (C=O) groups excluding carboxylic acids is 1. The van der Waals surface area contributed by atoms with E-state index in [0.29, 0.717) is 6.42 Å². The smallest absolute Gasteiger partial charge is 0.307 e. The number of thiophene rings is 1. The normalized spacial score (nSPS) is 20.6. The highest BCUT2D eigenvalue weighted by atomic mass is 79.9. The summed E-state index contributed by atoms with van der Waals surface area (Å²) in [5.41, 5.74) is 0.866. The molecule has 1 atom stereocenters. The van der Waals surface area contributed by atoms with E-state index in [9.17, 15) is 9.59 Å². The van der Waals surface area contributed by atoms with Crippen molar-refractivity contribution in [2.24, 2.45) is 5.92 Å². The predicted octanol–water partition coefficient (Wildman–Crippen LogP) is 2.34. The summed E-state index contributed by atoms with van der Waals surface area (Å²) >= 11 is 4.68. The van der Waals surface area contributed by atoms with E-state index in [1.165, 1.54) is 11.3 Å². The SMILES string of the molecule is O=C1CC(C(=O)O)Cc2cc(Br)sc21. The van der Waals surface area contributed by atoms with Gasteiger partial charge in [-0.1, -0.05) is 0 Å². The number of rotatable bonds is 1. The van der Waals surface area contributed by atoms with Crippen molar-refractivity contribution >= 4 is 39.0 Å². The fourth-order valence-electron chi connectivity index (χ4n) is 1.61. The molecule has 1 unspecified atom stereocenters. The number of fused-ring (bicyclic) bond motifs is 1. The van der Waals surface area contributed by atoms with Crippen LogP contribution in [-0.2, 0) is 11.2 Å². The van der Waals surface area contributed by atoms with Gasteiger partial charge in [0, 0.05) is 6.42 Å². The van der Waals surface area contributed by atoms with E-state index in [2.05, 4.69) is 15.9 Å². The molecule has 5 heteroatoms. The van der Waals surface area contributed by atoms with Gasteiger partial charge in [0.1, 0.15) is 0 Å². The maximum absolute atomic E-state index is 11.5. The van der Waals surface area contributed by atoms with Gasteiger partial charge in [0.15, 0.2) is 5.78 Å². The molecule has 0 fully saturated rings. The molecule has 0 aliphatic heterocycles. The lowest BCUT2D eigenvalue weighted by Crippen LogP contribution is -2.24. The van der Waals surface area contributed by atoms with Gasteiger partial charge in [-0.25, -0.2) is 0 Å². The first-order valence-electron chi connectivity index (χ1n) is 4.12. The first-order chi connectivity index (χ1) is 6.58. The van der Waals surface area contributed by atoms with Crippen molar-refractivity contribution in [2.75, 3.05) is 0 Å². The fourth-order valence-corrected chi connectivity index (χ4v) is 3.24. The molecule has 1 aliphatic rings. The second kappa shape index (κ2) is 3.47. The van der Waals surface area contributed by atoms with Crippen LogP contribution in [0.4, 0.5) is 0 Å². The number of carboxylic acids is 1. The molecule has 14 heavy (non-hydrogen) atoms. The van der Waals surface area contributed by atoms with Crippen molar-refractivity contribution < 1.29 is 14.7 Å². The number of aliphatic carboxylic acids is 1. The maximum Gasteiger partial charge on any atom is 0.307 e. The van der Waals surface area contributed by atoms with Crippen LogP contribution in [0.5, 0.6) is 0 Å². The van der Waals surface area contributed by atoms with E-state index in [1.54, 1.807) is 0 Å². The molecule has 74 valence electrons. The summed E-state index contributed by atoms with van der Waals surface area (Å²) in [4.78, 5) is 23.0. The Hall–Kier alpha value is -0.680. The van der Waals surface area contributed by atoms with E-state index in [4.69, 9.17) is 5.11 Å². The van der Waals surface area contributed by atoms with Gasteiger partial charge in [-0.2, -0.15) is 0 Å². The Kier molecular flexibility index (Phi) is 2.45. The van der Waals surface area contributed by atoms with Gasteiger partial charge in [-0.05, 0) is 34.0 Å². The van der Waals surface area contributed by atoms with E-state index < -0.39 is 11.9 Å². The molecule has 1 heterocycles. The number of ketones is 1. The molecule has 3 nitrogen and oxygen atoms in total. The summed E-state index contributed by atoms with van der Waals surface area (Å²) in [6.45, 7) is 0. The zero-order chi connectivity index (χ0) is 10.3. The van der Waals surface area contributed by atoms with Gasteiger partial charge in [-0.15, -0.1) is 11.3 Å². The van der Waals surface area contributed by atoms with Gasteiger partial charge in [0.25, 0.3) is 0 Å². The molecule has 0 spiro atoms. The van der Waals surface area contributed by atoms with Gasteiger partial charge < -0.3 is 5.11 Å². The highest BCUT2D eigenvalue weighted by Gasteiger charge is 2.31. The Labute approximate surface area is 92.9 Å². The predicted molar refractivity (Wildman–Crippen MR) is 55.8 cm³/mol. The van der Waals surface area contributed by atoms with Crippen molar-refractivity contribution in [3.63, 3.8) is 0 Å². The van der Waals surface area contributed by atoms with Crippen molar-refractivity contribution in [2.45, 2.75) is 12.8 Å². The molecule has 0 aromatic carbocycles. The zero-order valence-electron chi connectivity index (χ0n) is 7.12. The van der Waals surface area contributed by atoms with Gasteiger partial charge in [0.2, 0.25) is 0 Å². The monoisotopic (exact) mass is 274 g/mol. The average molecular weight is 275 g/mol. The molecule has 0 saturated heterocycles. The van der Waals surface area contributed by atoms with Crippen LogP contribution in [-0.4, -0.2) is 16.9 Å². The number of halogens is 1. The molecule has 0 saturated carbocycles. The minimum absolute atomic E-state index is 0.0469. The van der Waals surface area contributed by atoms with Gasteiger partial charge in [-0.3, -0.25) is 9.59 Å². The molecule has 1 aromatic rings. The Morgan fingerprint density at radius 3 is 2.93 bits per heavy atom. The Morgan fingerprint density at radius 1 is 1.57 bits per heavy atom. The second-order valence-corrected chi connectivity index (χ2v) is 5.70. The second-order valence-electron chi connectivity index (χ2n) is 3.27. The highest BCUT2D eigenvalue weighted by molar-refractivity contribution is 9.11. The van der Waals surface area contributed by atoms with Crippen LogP contribution in [0.1, 0.15) is 21.7 Å². The van der Waals surface area contributed by atoms with Crippen LogP contribution in [0.15, 0.2) is 9.85 Å². The quantitative estimate of drug-likeness (QED) is 0.855. The summed E-state index contributed by atoms with van der Waals surface area (Å²) in [6, 6.07) is 1.84. The Balaban J connectivity index is 2.37. The Morgan fingerprint density at radius 2 is 2.29 bits per heavy atom. The molecule has 1 N–H and O–H groups in total. The van der Waals surface area contributed by atoms with Crippen LogP contribution in [0.25, 0.3) is 0 Å². The molecule has 2 rings (SSSR count). The van der Waals surface area contributed by atoms with Gasteiger partial charge >= 0.3 is 5.97 Å². The van der Waals surface area contributed by atoms with Crippen molar-refractivity contribution in [1.29, 1.82) is 0 Å². The number of carboxylic acid groups (broad SMARTS) is 1. The first-order valence-corrected chi connectivity index (χ1v) is 5.73. The number of hydrogen-bond donors (Lipinski definition) is 1. The largest absolute Gasteiger partial charge is 0.481 e. The van der Waals surface area contributed by atoms with Crippen LogP contribution >= 0.6 is 27.3 Å². The third-order valence-corrected chi connectivity index (χ3v) is 4.00. The third kappa shape index (κ3) is 1.62. The minimum atomic E-state index is -0.883. The van der Waals surface area contributed by atoms with Crippen molar-refractivity contribution in [3.05, 3.63) is 20.3 Å². The molecule has 0 amide bonds. The molecule has 0 bridgehead atoms. The summed E-state index contributed by atoms with van der Waals surface area (Å²) in [7, 11) is 0. The summed E-state index contributed by atoms with van der Waals surface area (Å²) < 4.78 is 0.891. The van der Waals surface area contributed by atoms with Gasteiger partial charge in [0.05, 0.1) is 14.6 Å². The van der Waals surface area contributed by atoms with Crippen LogP contribution < -0.4 is 0 Å². The lowest BCUT2D eigenvalue weighted by atomic mass is 9.88. The van der Waals surface area contributed by atoms with E-state index >= 15 is 0 Å². The molecule has 0 radical (unpaired) electrons. The average Bonchev–Trinajstić information content (AvgIpc) is 2.45. The Bertz CT molecular complexity index is 410. The number of carbonyl (C=O) groups is 2. The van der Waals surface area contributed by atoms with Crippen LogP contribution in [0, 0.1) is 5.92 Å². The first kappa shape index (κ1) is 9.86. The molecular weight excluding hydrogens is 268 g/mol. The summed E-state index contributed by atoms with van der Waals surface area (Å²) in [5.74, 6) is -1.47. The van der Waals surface area contributed by atoms with E-state index in [1.807, 2.05) is 6.07 Å². The lowest BCUT2D eigenvalue weighted by Gasteiger charge is -2.16.